The molecule has 0 bridgehead atoms. The Morgan fingerprint density at radius 1 is 1.50 bits per heavy atom. The van der Waals surface area contributed by atoms with E-state index >= 15 is 0 Å². The monoisotopic (exact) mass is 168 g/mol. The van der Waals surface area contributed by atoms with Crippen LogP contribution in [0.1, 0.15) is 34.1 Å². The molecule has 0 aromatic heterocycles. The molecule has 0 amide bonds. The first-order valence-electron chi connectivity index (χ1n) is 4.26. The van der Waals surface area contributed by atoms with Crippen LogP contribution in [0.5, 0.6) is 0 Å². The first-order chi connectivity index (χ1) is 5.37. The summed E-state index contributed by atoms with van der Waals surface area (Å²) in [6.07, 6.45) is 0.0173. The molecule has 1 unspecified atom stereocenters. The zero-order valence-electron chi connectivity index (χ0n) is 8.14. The van der Waals surface area contributed by atoms with Crippen LogP contribution in [0.25, 0.3) is 0 Å². The summed E-state index contributed by atoms with van der Waals surface area (Å²) < 4.78 is 0. The van der Waals surface area contributed by atoms with E-state index in [9.17, 15) is 9.90 Å². The van der Waals surface area contributed by atoms with E-state index in [1.807, 2.05) is 13.8 Å². The highest BCUT2D eigenvalue weighted by Gasteiger charge is 2.44. The molecule has 1 atom stereocenters. The molecule has 1 N–H and O–H groups in total. The second-order valence-corrected chi connectivity index (χ2v) is 4.25. The summed E-state index contributed by atoms with van der Waals surface area (Å²) in [5.74, 6) is 0.106. The number of carbonyl (C=O) groups excluding carboxylic acids is 1. The highest BCUT2D eigenvalue weighted by atomic mass is 16.3. The van der Waals surface area contributed by atoms with Crippen LogP contribution < -0.4 is 0 Å². The van der Waals surface area contributed by atoms with Crippen molar-refractivity contribution in [2.24, 2.45) is 5.41 Å². The van der Waals surface area contributed by atoms with E-state index in [4.69, 9.17) is 0 Å². The predicted molar refractivity (Wildman–Crippen MR) is 47.8 cm³/mol. The molecule has 0 aliphatic heterocycles. The number of hydrogen-bond acceptors (Lipinski definition) is 2. The molecule has 2 heteroatoms. The lowest BCUT2D eigenvalue weighted by Gasteiger charge is -2.18. The maximum Gasteiger partial charge on any atom is 0.167 e. The number of rotatable bonds is 0. The SMILES string of the molecule is CC(C)=C1CC(O)C(C)(C)C1=O. The molecule has 0 saturated heterocycles. The predicted octanol–water partition coefficient (Wildman–Crippen LogP) is 1.68. The lowest BCUT2D eigenvalue weighted by atomic mass is 9.88. The van der Waals surface area contributed by atoms with E-state index in [0.29, 0.717) is 6.42 Å². The standard InChI is InChI=1S/C10H16O2/c1-6(2)7-5-8(11)10(3,4)9(7)12/h8,11H,5H2,1-4H3. The van der Waals surface area contributed by atoms with E-state index in [2.05, 4.69) is 0 Å². The van der Waals surface area contributed by atoms with Crippen molar-refractivity contribution in [3.05, 3.63) is 11.1 Å². The smallest absolute Gasteiger partial charge is 0.167 e. The third kappa shape index (κ3) is 1.20. The molecular weight excluding hydrogens is 152 g/mol. The van der Waals surface area contributed by atoms with Crippen LogP contribution in [-0.2, 0) is 4.79 Å². The average Bonchev–Trinajstić information content (AvgIpc) is 2.13. The molecular formula is C10H16O2. The zero-order valence-corrected chi connectivity index (χ0v) is 8.14. The van der Waals surface area contributed by atoms with Crippen molar-refractivity contribution in [1.29, 1.82) is 0 Å². The summed E-state index contributed by atoms with van der Waals surface area (Å²) >= 11 is 0. The van der Waals surface area contributed by atoms with Gasteiger partial charge in [0.25, 0.3) is 0 Å². The van der Waals surface area contributed by atoms with Crippen LogP contribution >= 0.6 is 0 Å². The van der Waals surface area contributed by atoms with Gasteiger partial charge in [-0.15, -0.1) is 0 Å². The van der Waals surface area contributed by atoms with Crippen molar-refractivity contribution in [2.45, 2.75) is 40.2 Å². The fraction of sp³-hybridized carbons (Fsp3) is 0.700. The van der Waals surface area contributed by atoms with Crippen molar-refractivity contribution >= 4 is 5.78 Å². The van der Waals surface area contributed by atoms with Gasteiger partial charge in [-0.2, -0.15) is 0 Å². The highest BCUT2D eigenvalue weighted by molar-refractivity contribution is 6.02. The number of carbonyl (C=O) groups is 1. The third-order valence-electron chi connectivity index (χ3n) is 2.69. The summed E-state index contributed by atoms with van der Waals surface area (Å²) in [6, 6.07) is 0. The lowest BCUT2D eigenvalue weighted by Crippen LogP contribution is -2.29. The second kappa shape index (κ2) is 2.70. The van der Waals surface area contributed by atoms with Gasteiger partial charge in [0.2, 0.25) is 0 Å². The Kier molecular flexibility index (Phi) is 2.13. The van der Waals surface area contributed by atoms with Crippen molar-refractivity contribution in [3.63, 3.8) is 0 Å². The van der Waals surface area contributed by atoms with Crippen molar-refractivity contribution in [1.82, 2.24) is 0 Å². The Balaban J connectivity index is 3.08. The van der Waals surface area contributed by atoms with E-state index in [1.165, 1.54) is 0 Å². The minimum Gasteiger partial charge on any atom is -0.392 e. The topological polar surface area (TPSA) is 37.3 Å². The van der Waals surface area contributed by atoms with Crippen LogP contribution in [0.2, 0.25) is 0 Å². The van der Waals surface area contributed by atoms with Crippen LogP contribution in [0.3, 0.4) is 0 Å². The normalized spacial score (nSPS) is 27.9. The molecule has 1 aliphatic carbocycles. The third-order valence-corrected chi connectivity index (χ3v) is 2.69. The number of allylic oxidation sites excluding steroid dienone is 1. The summed E-state index contributed by atoms with van der Waals surface area (Å²) in [4.78, 5) is 11.7. The number of aliphatic hydroxyl groups is 1. The van der Waals surface area contributed by atoms with Gasteiger partial charge < -0.3 is 5.11 Å². The van der Waals surface area contributed by atoms with Crippen molar-refractivity contribution in [2.75, 3.05) is 0 Å². The van der Waals surface area contributed by atoms with E-state index in [1.54, 1.807) is 13.8 Å². The minimum absolute atomic E-state index is 0.106. The van der Waals surface area contributed by atoms with E-state index in [0.717, 1.165) is 11.1 Å². The molecule has 1 rings (SSSR count). The molecule has 0 spiro atoms. The molecule has 0 aromatic rings. The molecule has 1 fully saturated rings. The van der Waals surface area contributed by atoms with Crippen LogP contribution in [0.15, 0.2) is 11.1 Å². The van der Waals surface area contributed by atoms with Gasteiger partial charge in [-0.1, -0.05) is 19.4 Å². The van der Waals surface area contributed by atoms with Crippen LogP contribution in [0.4, 0.5) is 0 Å². The number of ketones is 1. The van der Waals surface area contributed by atoms with Gasteiger partial charge in [-0.3, -0.25) is 4.79 Å². The van der Waals surface area contributed by atoms with Crippen molar-refractivity contribution < 1.29 is 9.90 Å². The van der Waals surface area contributed by atoms with Gasteiger partial charge in [-0.25, -0.2) is 0 Å². The molecule has 1 saturated carbocycles. The maximum absolute atomic E-state index is 11.7. The van der Waals surface area contributed by atoms with Crippen LogP contribution in [0, 0.1) is 5.41 Å². The van der Waals surface area contributed by atoms with E-state index < -0.39 is 11.5 Å². The van der Waals surface area contributed by atoms with Gasteiger partial charge >= 0.3 is 0 Å². The minimum atomic E-state index is -0.577. The quantitative estimate of drug-likeness (QED) is 0.559. The number of Topliss-reactive ketones (excluding diaryl/α,β-unsaturated/α-hetero) is 1. The van der Waals surface area contributed by atoms with E-state index in [-0.39, 0.29) is 5.78 Å². The van der Waals surface area contributed by atoms with Gasteiger partial charge in [0.05, 0.1) is 11.5 Å². The summed E-state index contributed by atoms with van der Waals surface area (Å²) in [7, 11) is 0. The number of aliphatic hydroxyl groups excluding tert-OH is 1. The van der Waals surface area contributed by atoms with Gasteiger partial charge in [0.1, 0.15) is 0 Å². The van der Waals surface area contributed by atoms with Crippen molar-refractivity contribution in [3.8, 4) is 0 Å². The van der Waals surface area contributed by atoms with Gasteiger partial charge in [-0.05, 0) is 19.4 Å². The lowest BCUT2D eigenvalue weighted by molar-refractivity contribution is -0.124. The molecule has 0 heterocycles. The van der Waals surface area contributed by atoms with Gasteiger partial charge in [0, 0.05) is 6.42 Å². The molecule has 0 aromatic carbocycles. The molecule has 68 valence electrons. The Morgan fingerprint density at radius 3 is 2.17 bits per heavy atom. The average molecular weight is 168 g/mol. The fourth-order valence-corrected chi connectivity index (χ4v) is 1.51. The second-order valence-electron chi connectivity index (χ2n) is 4.25. The fourth-order valence-electron chi connectivity index (χ4n) is 1.51. The molecule has 12 heavy (non-hydrogen) atoms. The summed E-state index contributed by atoms with van der Waals surface area (Å²) in [5, 5.41) is 9.59. The summed E-state index contributed by atoms with van der Waals surface area (Å²) in [5.41, 5.74) is 1.27. The first kappa shape index (κ1) is 9.46. The number of hydrogen-bond donors (Lipinski definition) is 1. The molecule has 1 aliphatic rings. The Morgan fingerprint density at radius 2 is 2.00 bits per heavy atom. The van der Waals surface area contributed by atoms with Crippen LogP contribution in [-0.4, -0.2) is 17.0 Å². The van der Waals surface area contributed by atoms with Gasteiger partial charge in [0.15, 0.2) is 5.78 Å². The largest absolute Gasteiger partial charge is 0.392 e. The Hall–Kier alpha value is -0.630. The first-order valence-corrected chi connectivity index (χ1v) is 4.26. The molecule has 0 radical (unpaired) electrons. The zero-order chi connectivity index (χ0) is 9.52. The maximum atomic E-state index is 11.7. The molecule has 2 nitrogen and oxygen atoms in total. The Bertz CT molecular complexity index is 245. The Labute approximate surface area is 73.3 Å². The summed E-state index contributed by atoms with van der Waals surface area (Å²) in [6.45, 7) is 7.44. The highest BCUT2D eigenvalue weighted by Crippen LogP contribution is 2.38.